The monoisotopic (exact) mass is 207 g/mol. The summed E-state index contributed by atoms with van der Waals surface area (Å²) in [5, 5.41) is 0. The third-order valence-corrected chi connectivity index (χ3v) is 1.93. The SMILES string of the molecule is [CH2]Sc1ccc[n+](CC(F)(F)F)c1. The van der Waals surface area contributed by atoms with Crippen molar-refractivity contribution < 1.29 is 17.7 Å². The van der Waals surface area contributed by atoms with Crippen molar-refractivity contribution in [3.63, 3.8) is 0 Å². The molecule has 13 heavy (non-hydrogen) atoms. The van der Waals surface area contributed by atoms with Crippen molar-refractivity contribution in [1.29, 1.82) is 0 Å². The van der Waals surface area contributed by atoms with E-state index in [0.717, 1.165) is 4.57 Å². The Kier molecular flexibility index (Phi) is 3.19. The van der Waals surface area contributed by atoms with Crippen LogP contribution in [0, 0.1) is 6.26 Å². The first-order valence-corrected chi connectivity index (χ1v) is 4.48. The predicted octanol–water partition coefficient (Wildman–Crippen LogP) is 2.42. The topological polar surface area (TPSA) is 3.88 Å². The zero-order chi connectivity index (χ0) is 9.90. The van der Waals surface area contributed by atoms with Gasteiger partial charge in [0.25, 0.3) is 0 Å². The van der Waals surface area contributed by atoms with Crippen LogP contribution in [0.4, 0.5) is 13.2 Å². The van der Waals surface area contributed by atoms with Crippen LogP contribution in [-0.4, -0.2) is 6.18 Å². The Morgan fingerprint density at radius 2 is 2.15 bits per heavy atom. The van der Waals surface area contributed by atoms with Gasteiger partial charge in [-0.25, -0.2) is 0 Å². The first kappa shape index (κ1) is 10.4. The quantitative estimate of drug-likeness (QED) is 0.532. The fraction of sp³-hybridized carbons (Fsp3) is 0.250. The lowest BCUT2D eigenvalue weighted by atomic mass is 10.4. The Balaban J connectivity index is 2.78. The molecule has 0 aliphatic heterocycles. The van der Waals surface area contributed by atoms with Crippen LogP contribution in [-0.2, 0) is 6.54 Å². The molecule has 1 aromatic heterocycles. The van der Waals surface area contributed by atoms with E-state index in [9.17, 15) is 13.2 Å². The smallest absolute Gasteiger partial charge is 0.195 e. The first-order chi connectivity index (χ1) is 6.01. The number of aromatic nitrogens is 1. The van der Waals surface area contributed by atoms with Crippen LogP contribution >= 0.6 is 11.8 Å². The lowest BCUT2D eigenvalue weighted by molar-refractivity contribution is -0.721. The van der Waals surface area contributed by atoms with Crippen LogP contribution < -0.4 is 4.57 Å². The van der Waals surface area contributed by atoms with Gasteiger partial charge in [0.15, 0.2) is 12.4 Å². The van der Waals surface area contributed by atoms with E-state index in [2.05, 4.69) is 6.26 Å². The maximum atomic E-state index is 11.9. The number of halogens is 3. The minimum absolute atomic E-state index is 0.715. The maximum absolute atomic E-state index is 11.9. The Morgan fingerprint density at radius 3 is 2.69 bits per heavy atom. The summed E-state index contributed by atoms with van der Waals surface area (Å²) in [6.07, 6.45) is 2.15. The number of pyridine rings is 1. The average Bonchev–Trinajstić information content (AvgIpc) is 2.01. The number of rotatable bonds is 2. The summed E-state index contributed by atoms with van der Waals surface area (Å²) in [6.45, 7) is -0.957. The van der Waals surface area contributed by atoms with Gasteiger partial charge in [-0.15, -0.1) is 11.8 Å². The second kappa shape index (κ2) is 4.00. The highest BCUT2D eigenvalue weighted by atomic mass is 32.2. The van der Waals surface area contributed by atoms with Crippen LogP contribution in [0.3, 0.4) is 0 Å². The van der Waals surface area contributed by atoms with Gasteiger partial charge in [0.05, 0.1) is 4.90 Å². The van der Waals surface area contributed by atoms with Crippen molar-refractivity contribution in [3.8, 4) is 0 Å². The van der Waals surface area contributed by atoms with Crippen LogP contribution in [0.15, 0.2) is 29.4 Å². The second-order valence-corrected chi connectivity index (χ2v) is 3.23. The van der Waals surface area contributed by atoms with E-state index in [-0.39, 0.29) is 0 Å². The molecule has 0 fully saturated rings. The van der Waals surface area contributed by atoms with Gasteiger partial charge in [-0.2, -0.15) is 17.7 Å². The molecule has 1 nitrogen and oxygen atoms in total. The summed E-state index contributed by atoms with van der Waals surface area (Å²) in [4.78, 5) is 0.715. The number of alkyl halides is 3. The Morgan fingerprint density at radius 1 is 1.46 bits per heavy atom. The van der Waals surface area contributed by atoms with Crippen LogP contribution in [0.2, 0.25) is 0 Å². The van der Waals surface area contributed by atoms with E-state index in [1.165, 1.54) is 24.2 Å². The van der Waals surface area contributed by atoms with Gasteiger partial charge < -0.3 is 0 Å². The summed E-state index contributed by atoms with van der Waals surface area (Å²) in [5.74, 6) is 0. The zero-order valence-corrected chi connectivity index (χ0v) is 7.53. The highest BCUT2D eigenvalue weighted by Gasteiger charge is 2.33. The van der Waals surface area contributed by atoms with Gasteiger partial charge in [-0.1, -0.05) is 0 Å². The standard InChI is InChI=1S/C8H8F3NS/c1-13-7-3-2-4-12(5-7)6-8(9,10)11/h2-5H,1,6H2/q+1. The van der Waals surface area contributed by atoms with Gasteiger partial charge in [-0.3, -0.25) is 0 Å². The first-order valence-electron chi connectivity index (χ1n) is 3.49. The normalized spacial score (nSPS) is 11.7. The fourth-order valence-electron chi connectivity index (χ4n) is 0.889. The van der Waals surface area contributed by atoms with Gasteiger partial charge >= 0.3 is 6.18 Å². The average molecular weight is 207 g/mol. The molecule has 0 aliphatic rings. The number of thioether (sulfide) groups is 1. The lowest BCUT2D eigenvalue weighted by Crippen LogP contribution is -2.40. The molecule has 1 radical (unpaired) electrons. The molecule has 71 valence electrons. The van der Waals surface area contributed by atoms with Gasteiger partial charge in [0, 0.05) is 12.3 Å². The highest BCUT2D eigenvalue weighted by Crippen LogP contribution is 2.16. The highest BCUT2D eigenvalue weighted by molar-refractivity contribution is 8.00. The third-order valence-electron chi connectivity index (χ3n) is 1.36. The van der Waals surface area contributed by atoms with E-state index < -0.39 is 12.7 Å². The third kappa shape index (κ3) is 3.67. The predicted molar refractivity (Wildman–Crippen MR) is 43.9 cm³/mol. The molecule has 0 saturated carbocycles. The van der Waals surface area contributed by atoms with Crippen LogP contribution in [0.5, 0.6) is 0 Å². The largest absolute Gasteiger partial charge is 0.448 e. The summed E-state index contributed by atoms with van der Waals surface area (Å²) in [7, 11) is 0. The van der Waals surface area contributed by atoms with Crippen LogP contribution in [0.1, 0.15) is 0 Å². The molecule has 0 bridgehead atoms. The Bertz CT molecular complexity index is 285. The van der Waals surface area contributed by atoms with Crippen molar-refractivity contribution in [2.45, 2.75) is 17.6 Å². The molecule has 0 aliphatic carbocycles. The van der Waals surface area contributed by atoms with E-state index >= 15 is 0 Å². The molecular formula is C8H8F3NS+. The van der Waals surface area contributed by atoms with E-state index in [1.807, 2.05) is 0 Å². The van der Waals surface area contributed by atoms with Crippen molar-refractivity contribution in [2.75, 3.05) is 0 Å². The zero-order valence-electron chi connectivity index (χ0n) is 6.71. The molecule has 0 spiro atoms. The van der Waals surface area contributed by atoms with Gasteiger partial charge in [-0.05, 0) is 6.07 Å². The van der Waals surface area contributed by atoms with Crippen molar-refractivity contribution in [3.05, 3.63) is 30.8 Å². The molecule has 0 aromatic carbocycles. The van der Waals surface area contributed by atoms with E-state index in [4.69, 9.17) is 0 Å². The van der Waals surface area contributed by atoms with Crippen molar-refractivity contribution >= 4 is 11.8 Å². The maximum Gasteiger partial charge on any atom is 0.448 e. The number of hydrogen-bond acceptors (Lipinski definition) is 1. The molecule has 5 heteroatoms. The van der Waals surface area contributed by atoms with Crippen molar-refractivity contribution in [1.82, 2.24) is 0 Å². The second-order valence-electron chi connectivity index (χ2n) is 2.47. The fourth-order valence-corrected chi connectivity index (χ4v) is 1.27. The molecule has 0 amide bonds. The summed E-state index contributed by atoms with van der Waals surface area (Å²) in [5.41, 5.74) is 0. The lowest BCUT2D eigenvalue weighted by Gasteiger charge is -2.02. The molecule has 1 heterocycles. The molecular weight excluding hydrogens is 199 g/mol. The molecule has 1 rings (SSSR count). The minimum Gasteiger partial charge on any atom is -0.195 e. The number of nitrogens with zero attached hydrogens (tertiary/aromatic N) is 1. The van der Waals surface area contributed by atoms with Crippen molar-refractivity contribution in [2.24, 2.45) is 0 Å². The number of hydrogen-bond donors (Lipinski definition) is 0. The van der Waals surface area contributed by atoms with Crippen LogP contribution in [0.25, 0.3) is 0 Å². The van der Waals surface area contributed by atoms with Gasteiger partial charge in [0.1, 0.15) is 0 Å². The molecule has 0 N–H and O–H groups in total. The Labute approximate surface area is 78.6 Å². The minimum atomic E-state index is -4.17. The Hall–Kier alpha value is -0.710. The molecule has 0 saturated heterocycles. The molecule has 0 unspecified atom stereocenters. The summed E-state index contributed by atoms with van der Waals surface area (Å²) in [6, 6.07) is 3.28. The summed E-state index contributed by atoms with van der Waals surface area (Å²) >= 11 is 1.17. The van der Waals surface area contributed by atoms with E-state index in [1.54, 1.807) is 12.1 Å². The molecule has 1 aromatic rings. The summed E-state index contributed by atoms with van der Waals surface area (Å²) < 4.78 is 36.9. The van der Waals surface area contributed by atoms with Gasteiger partial charge in [0.2, 0.25) is 6.54 Å². The molecule has 0 atom stereocenters. The van der Waals surface area contributed by atoms with E-state index in [0.29, 0.717) is 4.90 Å².